The van der Waals surface area contributed by atoms with Crippen LogP contribution in [0.2, 0.25) is 0 Å². The largest absolute Gasteiger partial charge is 0.348 e. The van der Waals surface area contributed by atoms with Gasteiger partial charge in [0.2, 0.25) is 11.8 Å². The highest BCUT2D eigenvalue weighted by molar-refractivity contribution is 5.78. The molecule has 0 aliphatic rings. The van der Waals surface area contributed by atoms with Crippen molar-refractivity contribution in [3.05, 3.63) is 35.4 Å². The van der Waals surface area contributed by atoms with Crippen molar-refractivity contribution in [1.82, 2.24) is 15.2 Å². The number of nitrogens with zero attached hydrogens (tertiary/aromatic N) is 2. The van der Waals surface area contributed by atoms with Crippen LogP contribution in [0.5, 0.6) is 0 Å². The van der Waals surface area contributed by atoms with Gasteiger partial charge < -0.3 is 4.90 Å². The monoisotopic (exact) mass is 292 g/mol. The van der Waals surface area contributed by atoms with Crippen molar-refractivity contribution in [2.75, 3.05) is 27.2 Å². The number of likely N-dealkylation sites (N-methyl/N-ethyl adjacent to an activating group) is 2. The molecule has 0 spiro atoms. The van der Waals surface area contributed by atoms with Gasteiger partial charge in [0.15, 0.2) is 0 Å². The van der Waals surface area contributed by atoms with Gasteiger partial charge in [0.1, 0.15) is 0 Å². The molecule has 1 rings (SSSR count). The van der Waals surface area contributed by atoms with Gasteiger partial charge in [-0.1, -0.05) is 31.2 Å². The summed E-state index contributed by atoms with van der Waals surface area (Å²) in [5, 5.41) is 0. The maximum absolute atomic E-state index is 11.8. The first-order chi connectivity index (χ1) is 9.97. The normalized spacial score (nSPS) is 10.5. The number of rotatable bonds is 7. The van der Waals surface area contributed by atoms with Crippen LogP contribution in [0.25, 0.3) is 0 Å². The molecule has 0 bridgehead atoms. The summed E-state index contributed by atoms with van der Waals surface area (Å²) in [5.74, 6) is 4.97. The third-order valence-corrected chi connectivity index (χ3v) is 3.33. The zero-order chi connectivity index (χ0) is 15.8. The van der Waals surface area contributed by atoms with Crippen LogP contribution in [0.4, 0.5) is 0 Å². The zero-order valence-electron chi connectivity index (χ0n) is 12.9. The van der Waals surface area contributed by atoms with Crippen molar-refractivity contribution in [3.63, 3.8) is 0 Å². The highest BCUT2D eigenvalue weighted by atomic mass is 16.2. The Morgan fingerprint density at radius 2 is 1.81 bits per heavy atom. The van der Waals surface area contributed by atoms with E-state index in [1.807, 2.05) is 36.1 Å². The van der Waals surface area contributed by atoms with Crippen LogP contribution in [0.1, 0.15) is 18.1 Å². The van der Waals surface area contributed by atoms with Crippen LogP contribution < -0.4 is 11.3 Å². The van der Waals surface area contributed by atoms with E-state index in [9.17, 15) is 9.59 Å². The number of benzene rings is 1. The van der Waals surface area contributed by atoms with Crippen molar-refractivity contribution >= 4 is 11.8 Å². The molecule has 0 fully saturated rings. The summed E-state index contributed by atoms with van der Waals surface area (Å²) in [6.45, 7) is 3.76. The molecule has 0 aliphatic carbocycles. The van der Waals surface area contributed by atoms with E-state index in [0.29, 0.717) is 13.1 Å². The van der Waals surface area contributed by atoms with Gasteiger partial charge in [0, 0.05) is 20.6 Å². The molecule has 3 N–H and O–H groups in total. The molecular weight excluding hydrogens is 268 g/mol. The van der Waals surface area contributed by atoms with Gasteiger partial charge in [-0.05, 0) is 17.7 Å². The summed E-state index contributed by atoms with van der Waals surface area (Å²) in [4.78, 5) is 26.9. The second-order valence-electron chi connectivity index (χ2n) is 5.10. The molecule has 0 aromatic heterocycles. The molecule has 0 radical (unpaired) electrons. The highest BCUT2D eigenvalue weighted by Crippen LogP contribution is 2.12. The maximum Gasteiger partial charge on any atom is 0.238 e. The van der Waals surface area contributed by atoms with Crippen molar-refractivity contribution in [3.8, 4) is 0 Å². The van der Waals surface area contributed by atoms with Crippen LogP contribution in [0.3, 0.4) is 0 Å². The van der Waals surface area contributed by atoms with Crippen LogP contribution in [-0.4, -0.2) is 48.8 Å². The fourth-order valence-corrected chi connectivity index (χ4v) is 1.96. The van der Waals surface area contributed by atoms with E-state index in [1.165, 1.54) is 0 Å². The van der Waals surface area contributed by atoms with Gasteiger partial charge in [-0.3, -0.25) is 19.9 Å². The molecule has 6 heteroatoms. The summed E-state index contributed by atoms with van der Waals surface area (Å²) in [6.07, 6.45) is 0.242. The number of hydrazine groups is 1. The van der Waals surface area contributed by atoms with Crippen molar-refractivity contribution in [2.45, 2.75) is 19.9 Å². The van der Waals surface area contributed by atoms with Gasteiger partial charge in [0.05, 0.1) is 13.0 Å². The first-order valence-electron chi connectivity index (χ1n) is 6.96. The van der Waals surface area contributed by atoms with Crippen molar-refractivity contribution in [2.24, 2.45) is 5.84 Å². The number of nitrogens with two attached hydrogens (primary N) is 1. The molecule has 0 heterocycles. The third-order valence-electron chi connectivity index (χ3n) is 3.33. The number of amides is 2. The van der Waals surface area contributed by atoms with Crippen LogP contribution in [-0.2, 0) is 22.6 Å². The molecular formula is C15H24N4O2. The second-order valence-corrected chi connectivity index (χ2v) is 5.10. The molecule has 21 heavy (non-hydrogen) atoms. The van der Waals surface area contributed by atoms with E-state index in [2.05, 4.69) is 5.43 Å². The molecule has 6 nitrogen and oxygen atoms in total. The summed E-state index contributed by atoms with van der Waals surface area (Å²) in [6, 6.07) is 7.71. The van der Waals surface area contributed by atoms with Crippen LogP contribution in [0.15, 0.2) is 24.3 Å². The first kappa shape index (κ1) is 17.1. The Morgan fingerprint density at radius 3 is 2.33 bits per heavy atom. The molecule has 0 aliphatic heterocycles. The molecule has 0 atom stereocenters. The molecule has 0 saturated heterocycles. The van der Waals surface area contributed by atoms with Crippen LogP contribution >= 0.6 is 0 Å². The smallest absolute Gasteiger partial charge is 0.238 e. The second kappa shape index (κ2) is 8.39. The fraction of sp³-hybridized carbons (Fsp3) is 0.467. The Hall–Kier alpha value is -1.92. The minimum absolute atomic E-state index is 0.0639. The Bertz CT molecular complexity index is 488. The lowest BCUT2D eigenvalue weighted by atomic mass is 10.0. The lowest BCUT2D eigenvalue weighted by Crippen LogP contribution is -2.36. The predicted molar refractivity (Wildman–Crippen MR) is 82.1 cm³/mol. The van der Waals surface area contributed by atoms with E-state index in [4.69, 9.17) is 5.84 Å². The number of carbonyl (C=O) groups excluding carboxylic acids is 2. The SMILES string of the molecule is CCN(CC(=O)N(C)C)Cc1ccccc1CC(=O)NN. The molecule has 1 aromatic carbocycles. The van der Waals surface area contributed by atoms with Gasteiger partial charge in [0.25, 0.3) is 0 Å². The van der Waals surface area contributed by atoms with Crippen LogP contribution in [0, 0.1) is 0 Å². The van der Waals surface area contributed by atoms with Gasteiger partial charge in [-0.25, -0.2) is 5.84 Å². The van der Waals surface area contributed by atoms with E-state index < -0.39 is 0 Å². The number of carbonyl (C=O) groups is 2. The standard InChI is InChI=1S/C15H24N4O2/c1-4-19(11-15(21)18(2)3)10-13-8-6-5-7-12(13)9-14(20)17-16/h5-8H,4,9-11,16H2,1-3H3,(H,17,20). The lowest BCUT2D eigenvalue weighted by Gasteiger charge is -2.23. The molecule has 0 saturated carbocycles. The maximum atomic E-state index is 11.8. The van der Waals surface area contributed by atoms with Crippen molar-refractivity contribution < 1.29 is 9.59 Å². The van der Waals surface area contributed by atoms with E-state index in [-0.39, 0.29) is 18.2 Å². The Balaban J connectivity index is 2.80. The Morgan fingerprint density at radius 1 is 1.19 bits per heavy atom. The molecule has 116 valence electrons. The zero-order valence-corrected chi connectivity index (χ0v) is 12.9. The van der Waals surface area contributed by atoms with Gasteiger partial charge in [-0.2, -0.15) is 0 Å². The van der Waals surface area contributed by atoms with E-state index >= 15 is 0 Å². The quantitative estimate of drug-likeness (QED) is 0.425. The predicted octanol–water partition coefficient (Wildman–Crippen LogP) is 0.129. The van der Waals surface area contributed by atoms with Gasteiger partial charge >= 0.3 is 0 Å². The van der Waals surface area contributed by atoms with E-state index in [0.717, 1.165) is 17.7 Å². The third kappa shape index (κ3) is 5.53. The molecule has 0 unspecified atom stereocenters. The fourth-order valence-electron chi connectivity index (χ4n) is 1.96. The molecule has 1 aromatic rings. The number of hydrogen-bond donors (Lipinski definition) is 2. The summed E-state index contributed by atoms with van der Waals surface area (Å²) in [5.41, 5.74) is 4.11. The number of nitrogens with one attached hydrogen (secondary N) is 1. The average molecular weight is 292 g/mol. The minimum atomic E-state index is -0.227. The number of hydrogen-bond acceptors (Lipinski definition) is 4. The van der Waals surface area contributed by atoms with Crippen molar-refractivity contribution in [1.29, 1.82) is 0 Å². The van der Waals surface area contributed by atoms with E-state index in [1.54, 1.807) is 19.0 Å². The minimum Gasteiger partial charge on any atom is -0.348 e. The summed E-state index contributed by atoms with van der Waals surface area (Å²) in [7, 11) is 3.49. The topological polar surface area (TPSA) is 78.7 Å². The Kier molecular flexibility index (Phi) is 6.84. The average Bonchev–Trinajstić information content (AvgIpc) is 2.47. The molecule has 2 amide bonds. The van der Waals surface area contributed by atoms with Gasteiger partial charge in [-0.15, -0.1) is 0 Å². The summed E-state index contributed by atoms with van der Waals surface area (Å²) < 4.78 is 0. The lowest BCUT2D eigenvalue weighted by molar-refractivity contribution is -0.130. The highest BCUT2D eigenvalue weighted by Gasteiger charge is 2.13. The Labute approximate surface area is 125 Å². The first-order valence-corrected chi connectivity index (χ1v) is 6.96. The summed E-state index contributed by atoms with van der Waals surface area (Å²) >= 11 is 0.